The summed E-state index contributed by atoms with van der Waals surface area (Å²) in [5, 5.41) is 5.81. The first-order valence-corrected chi connectivity index (χ1v) is 8.98. The Hall–Kier alpha value is -2.44. The van der Waals surface area contributed by atoms with Crippen LogP contribution < -0.4 is 10.1 Å². The molecule has 1 N–H and O–H groups in total. The van der Waals surface area contributed by atoms with Crippen molar-refractivity contribution >= 4 is 28.8 Å². The van der Waals surface area contributed by atoms with E-state index in [9.17, 15) is 4.79 Å². The number of halogens is 1. The SMILES string of the molecule is CCOc1ccc(-c2nc(C(=O)NCc3ccncc3)cs2)c(Cl)c1. The smallest absolute Gasteiger partial charge is 0.271 e. The Bertz CT molecular complexity index is 868. The van der Waals surface area contributed by atoms with E-state index >= 15 is 0 Å². The minimum absolute atomic E-state index is 0.221. The fraction of sp³-hybridized carbons (Fsp3) is 0.167. The number of carbonyl (C=O) groups excluding carboxylic acids is 1. The molecule has 0 fully saturated rings. The van der Waals surface area contributed by atoms with Gasteiger partial charge in [-0.05, 0) is 42.8 Å². The van der Waals surface area contributed by atoms with Crippen molar-refractivity contribution in [3.63, 3.8) is 0 Å². The zero-order chi connectivity index (χ0) is 17.6. The van der Waals surface area contributed by atoms with Crippen molar-refractivity contribution in [2.75, 3.05) is 6.61 Å². The van der Waals surface area contributed by atoms with Crippen LogP contribution >= 0.6 is 22.9 Å². The van der Waals surface area contributed by atoms with E-state index in [1.54, 1.807) is 23.8 Å². The van der Waals surface area contributed by atoms with Gasteiger partial charge in [0.25, 0.3) is 5.91 Å². The normalized spacial score (nSPS) is 10.5. The molecule has 25 heavy (non-hydrogen) atoms. The molecule has 0 bridgehead atoms. The number of amides is 1. The van der Waals surface area contributed by atoms with E-state index in [0.717, 1.165) is 11.1 Å². The van der Waals surface area contributed by atoms with Crippen molar-refractivity contribution in [2.24, 2.45) is 0 Å². The van der Waals surface area contributed by atoms with E-state index in [4.69, 9.17) is 16.3 Å². The van der Waals surface area contributed by atoms with Gasteiger partial charge in [-0.1, -0.05) is 11.6 Å². The summed E-state index contributed by atoms with van der Waals surface area (Å²) in [5.41, 5.74) is 2.13. The van der Waals surface area contributed by atoms with E-state index < -0.39 is 0 Å². The Morgan fingerprint density at radius 3 is 2.80 bits per heavy atom. The molecule has 5 nitrogen and oxygen atoms in total. The fourth-order valence-electron chi connectivity index (χ4n) is 2.20. The summed E-state index contributed by atoms with van der Waals surface area (Å²) in [6, 6.07) is 9.16. The highest BCUT2D eigenvalue weighted by atomic mass is 35.5. The van der Waals surface area contributed by atoms with Gasteiger partial charge in [0.2, 0.25) is 0 Å². The molecule has 0 saturated heterocycles. The number of nitrogens with zero attached hydrogens (tertiary/aromatic N) is 2. The monoisotopic (exact) mass is 373 g/mol. The highest BCUT2D eigenvalue weighted by molar-refractivity contribution is 7.13. The van der Waals surface area contributed by atoms with Gasteiger partial charge in [0.05, 0.1) is 11.6 Å². The van der Waals surface area contributed by atoms with Gasteiger partial charge in [0.1, 0.15) is 16.5 Å². The summed E-state index contributed by atoms with van der Waals surface area (Å²) in [5.74, 6) is 0.490. The lowest BCUT2D eigenvalue weighted by Gasteiger charge is -2.06. The van der Waals surface area contributed by atoms with E-state index in [0.29, 0.717) is 34.6 Å². The highest BCUT2D eigenvalue weighted by Gasteiger charge is 2.14. The fourth-order valence-corrected chi connectivity index (χ4v) is 3.36. The largest absolute Gasteiger partial charge is 0.494 e. The number of rotatable bonds is 6. The molecule has 2 aromatic heterocycles. The van der Waals surface area contributed by atoms with Crippen LogP contribution in [0.5, 0.6) is 5.75 Å². The molecule has 3 aromatic rings. The number of ether oxygens (including phenoxy) is 1. The second-order valence-electron chi connectivity index (χ2n) is 5.15. The molecular weight excluding hydrogens is 358 g/mol. The maximum Gasteiger partial charge on any atom is 0.271 e. The summed E-state index contributed by atoms with van der Waals surface area (Å²) < 4.78 is 5.42. The van der Waals surface area contributed by atoms with Crippen LogP contribution in [0.15, 0.2) is 48.1 Å². The van der Waals surface area contributed by atoms with Crippen LogP contribution in [-0.2, 0) is 6.54 Å². The standard InChI is InChI=1S/C18H16ClN3O2S/c1-2-24-13-3-4-14(15(19)9-13)18-22-16(11-25-18)17(23)21-10-12-5-7-20-8-6-12/h3-9,11H,2,10H2,1H3,(H,21,23). The first-order valence-electron chi connectivity index (χ1n) is 7.72. The third kappa shape index (κ3) is 4.35. The second-order valence-corrected chi connectivity index (χ2v) is 6.42. The number of aromatic nitrogens is 2. The van der Waals surface area contributed by atoms with Crippen molar-refractivity contribution in [1.29, 1.82) is 0 Å². The number of hydrogen-bond donors (Lipinski definition) is 1. The van der Waals surface area contributed by atoms with E-state index in [1.807, 2.05) is 31.2 Å². The molecule has 0 saturated carbocycles. The van der Waals surface area contributed by atoms with Crippen molar-refractivity contribution in [3.8, 4) is 16.3 Å². The van der Waals surface area contributed by atoms with Gasteiger partial charge < -0.3 is 10.1 Å². The Kier molecular flexibility index (Phi) is 5.63. The average Bonchev–Trinajstić information content (AvgIpc) is 3.11. The third-order valence-corrected chi connectivity index (χ3v) is 4.61. The minimum Gasteiger partial charge on any atom is -0.494 e. The number of nitrogens with one attached hydrogen (secondary N) is 1. The van der Waals surface area contributed by atoms with Gasteiger partial charge >= 0.3 is 0 Å². The van der Waals surface area contributed by atoms with Gasteiger partial charge in [0.15, 0.2) is 0 Å². The summed E-state index contributed by atoms with van der Waals surface area (Å²) in [6.07, 6.45) is 3.38. The Morgan fingerprint density at radius 1 is 1.28 bits per heavy atom. The predicted octanol–water partition coefficient (Wildman–Crippen LogP) is 4.19. The summed E-state index contributed by atoms with van der Waals surface area (Å²) in [6.45, 7) is 2.92. The van der Waals surface area contributed by atoms with E-state index in [2.05, 4.69) is 15.3 Å². The van der Waals surface area contributed by atoms with Crippen LogP contribution in [0.2, 0.25) is 5.02 Å². The van der Waals surface area contributed by atoms with Gasteiger partial charge in [-0.15, -0.1) is 11.3 Å². The zero-order valence-corrected chi connectivity index (χ0v) is 15.1. The molecule has 0 aliphatic heterocycles. The zero-order valence-electron chi connectivity index (χ0n) is 13.5. The molecule has 0 radical (unpaired) electrons. The number of carbonyl (C=O) groups is 1. The van der Waals surface area contributed by atoms with Gasteiger partial charge in [0, 0.05) is 29.9 Å². The van der Waals surface area contributed by atoms with Crippen LogP contribution in [0.4, 0.5) is 0 Å². The maximum absolute atomic E-state index is 12.3. The van der Waals surface area contributed by atoms with Crippen molar-refractivity contribution in [1.82, 2.24) is 15.3 Å². The van der Waals surface area contributed by atoms with Crippen molar-refractivity contribution in [2.45, 2.75) is 13.5 Å². The van der Waals surface area contributed by atoms with Gasteiger partial charge in [-0.25, -0.2) is 4.98 Å². The molecule has 0 atom stereocenters. The lowest BCUT2D eigenvalue weighted by atomic mass is 10.2. The van der Waals surface area contributed by atoms with E-state index in [1.165, 1.54) is 11.3 Å². The molecular formula is C18H16ClN3O2S. The van der Waals surface area contributed by atoms with Gasteiger partial charge in [-0.3, -0.25) is 9.78 Å². The quantitative estimate of drug-likeness (QED) is 0.703. The van der Waals surface area contributed by atoms with Gasteiger partial charge in [-0.2, -0.15) is 0 Å². The number of hydrogen-bond acceptors (Lipinski definition) is 5. The third-order valence-electron chi connectivity index (χ3n) is 3.42. The van der Waals surface area contributed by atoms with Crippen LogP contribution in [0.1, 0.15) is 23.0 Å². The van der Waals surface area contributed by atoms with Crippen LogP contribution in [-0.4, -0.2) is 22.5 Å². The number of thiazole rings is 1. The second kappa shape index (κ2) is 8.09. The molecule has 3 rings (SSSR count). The molecule has 0 spiro atoms. The van der Waals surface area contributed by atoms with Crippen molar-refractivity contribution < 1.29 is 9.53 Å². The molecule has 1 aromatic carbocycles. The summed E-state index contributed by atoms with van der Waals surface area (Å²) in [4.78, 5) is 20.6. The van der Waals surface area contributed by atoms with Crippen molar-refractivity contribution in [3.05, 3.63) is 64.4 Å². The Balaban J connectivity index is 1.70. The highest BCUT2D eigenvalue weighted by Crippen LogP contribution is 2.33. The average molecular weight is 374 g/mol. The molecule has 7 heteroatoms. The molecule has 128 valence electrons. The predicted molar refractivity (Wildman–Crippen MR) is 99.1 cm³/mol. The topological polar surface area (TPSA) is 64.1 Å². The number of pyridine rings is 1. The van der Waals surface area contributed by atoms with Crippen LogP contribution in [0.25, 0.3) is 10.6 Å². The number of benzene rings is 1. The Morgan fingerprint density at radius 2 is 2.08 bits per heavy atom. The lowest BCUT2D eigenvalue weighted by Crippen LogP contribution is -2.23. The summed E-state index contributed by atoms with van der Waals surface area (Å²) in [7, 11) is 0. The Labute approximate surface area is 154 Å². The first-order chi connectivity index (χ1) is 12.2. The lowest BCUT2D eigenvalue weighted by molar-refractivity contribution is 0.0946. The van der Waals surface area contributed by atoms with Crippen LogP contribution in [0, 0.1) is 0 Å². The molecule has 1 amide bonds. The summed E-state index contributed by atoms with van der Waals surface area (Å²) >= 11 is 7.69. The maximum atomic E-state index is 12.3. The van der Waals surface area contributed by atoms with E-state index in [-0.39, 0.29) is 5.91 Å². The molecule has 0 aliphatic rings. The first kappa shape index (κ1) is 17.4. The molecule has 0 unspecified atom stereocenters. The molecule has 0 aliphatic carbocycles. The minimum atomic E-state index is -0.221. The van der Waals surface area contributed by atoms with Crippen LogP contribution in [0.3, 0.4) is 0 Å². The molecule has 2 heterocycles.